The van der Waals surface area contributed by atoms with Crippen LogP contribution in [-0.4, -0.2) is 31.9 Å². The van der Waals surface area contributed by atoms with Crippen molar-refractivity contribution in [1.29, 1.82) is 0 Å². The number of aryl methyl sites for hydroxylation is 1. The van der Waals surface area contributed by atoms with Crippen molar-refractivity contribution in [3.05, 3.63) is 52.8 Å². The summed E-state index contributed by atoms with van der Waals surface area (Å²) in [5.74, 6) is -0.262. The predicted octanol–water partition coefficient (Wildman–Crippen LogP) is 5.17. The number of aliphatic imine (C=N–C) groups is 1. The average Bonchev–Trinajstić information content (AvgIpc) is 2.54. The molecule has 0 saturated carbocycles. The first-order valence-electron chi connectivity index (χ1n) is 7.46. The summed E-state index contributed by atoms with van der Waals surface area (Å²) in [5, 5.41) is 0.564. The van der Waals surface area contributed by atoms with Gasteiger partial charge in [0.25, 0.3) is 0 Å². The first-order chi connectivity index (χ1) is 10.9. The Hall–Kier alpha value is -2.07. The number of hydrogen-bond acceptors (Lipinski definition) is 2. The molecule has 5 heteroatoms. The molecular formula is C18H21ClFN3. The van der Waals surface area contributed by atoms with Gasteiger partial charge in [0.15, 0.2) is 0 Å². The Bertz CT molecular complexity index is 715. The zero-order valence-corrected chi connectivity index (χ0v) is 14.6. The van der Waals surface area contributed by atoms with Gasteiger partial charge in [0.2, 0.25) is 0 Å². The van der Waals surface area contributed by atoms with E-state index in [1.54, 1.807) is 12.4 Å². The van der Waals surface area contributed by atoms with Gasteiger partial charge >= 0.3 is 0 Å². The van der Waals surface area contributed by atoms with Crippen LogP contribution in [-0.2, 0) is 0 Å². The molecule has 0 heterocycles. The Balaban J connectivity index is 2.34. The Kier molecular flexibility index (Phi) is 5.61. The number of anilines is 2. The quantitative estimate of drug-likeness (QED) is 0.555. The third-order valence-corrected chi connectivity index (χ3v) is 4.02. The molecule has 0 amide bonds. The standard InChI is InChI=1S/C18H21ClFN3/c1-5-22(3)12-21-17-9-13(2)18(11-16(17)19)23(4)15-8-6-7-14(20)10-15/h6-12H,5H2,1-4H3/b21-12-. The van der Waals surface area contributed by atoms with E-state index in [-0.39, 0.29) is 5.82 Å². The lowest BCUT2D eigenvalue weighted by molar-refractivity contribution is 0.552. The molecule has 3 nitrogen and oxygen atoms in total. The minimum Gasteiger partial charge on any atom is -0.366 e. The monoisotopic (exact) mass is 333 g/mol. The van der Waals surface area contributed by atoms with Gasteiger partial charge in [-0.3, -0.25) is 0 Å². The molecule has 0 radical (unpaired) electrons. The van der Waals surface area contributed by atoms with E-state index in [9.17, 15) is 4.39 Å². The van der Waals surface area contributed by atoms with Crippen LogP contribution < -0.4 is 4.90 Å². The molecule has 0 aliphatic heterocycles. The van der Waals surface area contributed by atoms with Crippen LogP contribution >= 0.6 is 11.6 Å². The Labute approximate surface area is 142 Å². The van der Waals surface area contributed by atoms with E-state index in [2.05, 4.69) is 11.9 Å². The largest absolute Gasteiger partial charge is 0.366 e. The van der Waals surface area contributed by atoms with Crippen molar-refractivity contribution in [3.8, 4) is 0 Å². The molecule has 0 N–H and O–H groups in total. The Morgan fingerprint density at radius 3 is 2.61 bits per heavy atom. The highest BCUT2D eigenvalue weighted by atomic mass is 35.5. The van der Waals surface area contributed by atoms with E-state index in [4.69, 9.17) is 11.6 Å². The van der Waals surface area contributed by atoms with Crippen LogP contribution in [0.2, 0.25) is 5.02 Å². The van der Waals surface area contributed by atoms with Crippen molar-refractivity contribution in [2.75, 3.05) is 25.5 Å². The molecule has 0 aliphatic rings. The maximum Gasteiger partial charge on any atom is 0.125 e. The fourth-order valence-corrected chi connectivity index (χ4v) is 2.39. The van der Waals surface area contributed by atoms with E-state index in [0.717, 1.165) is 29.2 Å². The van der Waals surface area contributed by atoms with Crippen molar-refractivity contribution in [2.24, 2.45) is 4.99 Å². The summed E-state index contributed by atoms with van der Waals surface area (Å²) in [5.41, 5.74) is 3.43. The number of benzene rings is 2. The molecule has 0 atom stereocenters. The van der Waals surface area contributed by atoms with Crippen LogP contribution in [0.5, 0.6) is 0 Å². The second kappa shape index (κ2) is 7.47. The van der Waals surface area contributed by atoms with Gasteiger partial charge in [0.05, 0.1) is 17.0 Å². The third kappa shape index (κ3) is 4.23. The van der Waals surface area contributed by atoms with Crippen LogP contribution in [0.25, 0.3) is 0 Å². The molecule has 0 aromatic heterocycles. The highest BCUT2D eigenvalue weighted by Crippen LogP contribution is 2.35. The number of halogens is 2. The Morgan fingerprint density at radius 2 is 1.96 bits per heavy atom. The van der Waals surface area contributed by atoms with Crippen molar-refractivity contribution in [3.63, 3.8) is 0 Å². The number of nitrogens with zero attached hydrogens (tertiary/aromatic N) is 3. The highest BCUT2D eigenvalue weighted by molar-refractivity contribution is 6.33. The molecule has 2 rings (SSSR count). The fourth-order valence-electron chi connectivity index (χ4n) is 2.18. The topological polar surface area (TPSA) is 18.8 Å². The first-order valence-corrected chi connectivity index (χ1v) is 7.84. The molecule has 23 heavy (non-hydrogen) atoms. The van der Waals surface area contributed by atoms with E-state index >= 15 is 0 Å². The predicted molar refractivity (Wildman–Crippen MR) is 97.1 cm³/mol. The van der Waals surface area contributed by atoms with Crippen molar-refractivity contribution >= 4 is 35.0 Å². The normalized spacial score (nSPS) is 11.0. The lowest BCUT2D eigenvalue weighted by Crippen LogP contribution is -2.14. The number of hydrogen-bond donors (Lipinski definition) is 0. The molecule has 0 bridgehead atoms. The fraction of sp³-hybridized carbons (Fsp3) is 0.278. The molecule has 0 fully saturated rings. The van der Waals surface area contributed by atoms with Crippen LogP contribution in [0.4, 0.5) is 21.5 Å². The second-order valence-corrected chi connectivity index (χ2v) is 5.85. The van der Waals surface area contributed by atoms with Gasteiger partial charge < -0.3 is 9.80 Å². The van der Waals surface area contributed by atoms with Crippen LogP contribution in [0, 0.1) is 12.7 Å². The summed E-state index contributed by atoms with van der Waals surface area (Å²) < 4.78 is 13.4. The second-order valence-electron chi connectivity index (χ2n) is 5.45. The van der Waals surface area contributed by atoms with E-state index in [1.165, 1.54) is 12.1 Å². The zero-order chi connectivity index (χ0) is 17.0. The molecule has 2 aromatic rings. The average molecular weight is 334 g/mol. The highest BCUT2D eigenvalue weighted by Gasteiger charge is 2.11. The molecule has 0 spiro atoms. The molecular weight excluding hydrogens is 313 g/mol. The summed E-state index contributed by atoms with van der Waals surface area (Å²) in [6, 6.07) is 10.3. The summed E-state index contributed by atoms with van der Waals surface area (Å²) in [6.07, 6.45) is 1.76. The van der Waals surface area contributed by atoms with E-state index < -0.39 is 0 Å². The van der Waals surface area contributed by atoms with Gasteiger partial charge in [-0.2, -0.15) is 0 Å². The van der Waals surface area contributed by atoms with Crippen LogP contribution in [0.1, 0.15) is 12.5 Å². The molecule has 0 saturated heterocycles. The molecule has 122 valence electrons. The van der Waals surface area contributed by atoms with Crippen molar-refractivity contribution in [2.45, 2.75) is 13.8 Å². The maximum atomic E-state index is 13.4. The lowest BCUT2D eigenvalue weighted by Gasteiger charge is -2.22. The van der Waals surface area contributed by atoms with Gasteiger partial charge in [-0.25, -0.2) is 9.38 Å². The van der Waals surface area contributed by atoms with Crippen molar-refractivity contribution in [1.82, 2.24) is 4.90 Å². The Morgan fingerprint density at radius 1 is 1.22 bits per heavy atom. The lowest BCUT2D eigenvalue weighted by atomic mass is 10.1. The summed E-state index contributed by atoms with van der Waals surface area (Å²) in [6.45, 7) is 4.92. The summed E-state index contributed by atoms with van der Waals surface area (Å²) >= 11 is 6.36. The van der Waals surface area contributed by atoms with Gasteiger partial charge in [0, 0.05) is 32.0 Å². The smallest absolute Gasteiger partial charge is 0.125 e. The molecule has 0 aliphatic carbocycles. The molecule has 2 aromatic carbocycles. The van der Waals surface area contributed by atoms with Gasteiger partial charge in [-0.05, 0) is 49.7 Å². The minimum absolute atomic E-state index is 0.262. The minimum atomic E-state index is -0.262. The van der Waals surface area contributed by atoms with E-state index in [0.29, 0.717) is 5.02 Å². The first kappa shape index (κ1) is 17.3. The number of rotatable bonds is 5. The SMILES string of the molecule is CCN(C)/C=N\c1cc(C)c(N(C)c2cccc(F)c2)cc1Cl. The summed E-state index contributed by atoms with van der Waals surface area (Å²) in [7, 11) is 3.84. The molecule has 0 unspecified atom stereocenters. The van der Waals surface area contributed by atoms with Crippen LogP contribution in [0.15, 0.2) is 41.4 Å². The van der Waals surface area contributed by atoms with Gasteiger partial charge in [-0.1, -0.05) is 17.7 Å². The van der Waals surface area contributed by atoms with E-state index in [1.807, 2.05) is 49.0 Å². The van der Waals surface area contributed by atoms with Gasteiger partial charge in [0.1, 0.15) is 5.82 Å². The summed E-state index contributed by atoms with van der Waals surface area (Å²) in [4.78, 5) is 8.30. The van der Waals surface area contributed by atoms with Crippen LogP contribution in [0.3, 0.4) is 0 Å². The zero-order valence-electron chi connectivity index (χ0n) is 13.8. The third-order valence-electron chi connectivity index (χ3n) is 3.71. The maximum absolute atomic E-state index is 13.4. The van der Waals surface area contributed by atoms with Crippen molar-refractivity contribution < 1.29 is 4.39 Å². The van der Waals surface area contributed by atoms with Gasteiger partial charge in [-0.15, -0.1) is 0 Å².